The standard InChI is InChI=1S/C22H27BIN6O4S/c1-22(2,3)18(27-21(34)24-23)20(33)30-10-15(31)8-16(30)19(32)25-9-13-5-4-6-14(7-13)28-29-17-11-35-12-26-17/h4-7,11-12,15-16,18,31H,8-10H2,1-3H3,(H,25,32)(H,27,34)/q-1/t15-,16+,18-/m1/s1. The van der Waals surface area contributed by atoms with Gasteiger partial charge in [-0.3, -0.25) is 0 Å². The number of rotatable bonds is 8. The number of aliphatic hydroxyl groups is 1. The van der Waals surface area contributed by atoms with Gasteiger partial charge in [-0.25, -0.2) is 4.98 Å². The summed E-state index contributed by atoms with van der Waals surface area (Å²) in [4.78, 5) is 43.8. The van der Waals surface area contributed by atoms with Crippen molar-refractivity contribution in [1.82, 2.24) is 20.5 Å². The molecule has 0 bridgehead atoms. The molecule has 1 aliphatic heterocycles. The van der Waals surface area contributed by atoms with Crippen LogP contribution in [0.1, 0.15) is 32.8 Å². The van der Waals surface area contributed by atoms with E-state index in [1.54, 1.807) is 23.0 Å². The minimum absolute atomic E-state index is 0.0174. The van der Waals surface area contributed by atoms with Crippen LogP contribution in [0.2, 0.25) is 0 Å². The van der Waals surface area contributed by atoms with Gasteiger partial charge < -0.3 is 0 Å². The summed E-state index contributed by atoms with van der Waals surface area (Å²) in [6.45, 7) is 5.70. The van der Waals surface area contributed by atoms with Crippen LogP contribution in [0.3, 0.4) is 0 Å². The summed E-state index contributed by atoms with van der Waals surface area (Å²) in [7, 11) is 0. The second-order valence-electron chi connectivity index (χ2n) is 9.16. The number of likely N-dealkylation sites (tertiary alicyclic amines) is 1. The Balaban J connectivity index is 1.67. The molecule has 3 rings (SSSR count). The number of hydrogen-bond donors (Lipinski definition) is 3. The van der Waals surface area contributed by atoms with Gasteiger partial charge in [0.15, 0.2) is 5.82 Å². The Labute approximate surface area is 219 Å². The summed E-state index contributed by atoms with van der Waals surface area (Å²) in [5, 5.41) is 25.8. The van der Waals surface area contributed by atoms with Crippen LogP contribution in [0.4, 0.5) is 16.3 Å². The average Bonchev–Trinajstić information content (AvgIpc) is 3.48. The van der Waals surface area contributed by atoms with Gasteiger partial charge in [-0.1, -0.05) is 0 Å². The maximum atomic E-state index is 13.4. The first-order valence-electron chi connectivity index (χ1n) is 10.9. The fourth-order valence-electron chi connectivity index (χ4n) is 3.67. The Hall–Kier alpha value is -2.39. The summed E-state index contributed by atoms with van der Waals surface area (Å²) in [5.74, 6) is -0.268. The summed E-state index contributed by atoms with van der Waals surface area (Å²) >= 11 is 0.202. The van der Waals surface area contributed by atoms with Crippen molar-refractivity contribution in [3.05, 3.63) is 40.7 Å². The van der Waals surface area contributed by atoms with Gasteiger partial charge in [0, 0.05) is 5.38 Å². The van der Waals surface area contributed by atoms with E-state index in [0.717, 1.165) is 5.56 Å². The molecule has 0 spiro atoms. The summed E-state index contributed by atoms with van der Waals surface area (Å²) in [5.41, 5.74) is 8.00. The number of halogens is 1. The predicted octanol–water partition coefficient (Wildman–Crippen LogP) is -0.567. The number of thiazole rings is 1. The Bertz CT molecular complexity index is 1080. The van der Waals surface area contributed by atoms with Gasteiger partial charge in [0.05, 0.1) is 5.51 Å². The van der Waals surface area contributed by atoms with Crippen molar-refractivity contribution in [3.8, 4) is 0 Å². The molecule has 3 N–H and O–H groups in total. The monoisotopic (exact) mass is 609 g/mol. The topological polar surface area (TPSA) is 136 Å². The molecule has 3 amide bonds. The normalized spacial score (nSPS) is 19.1. The molecule has 0 unspecified atom stereocenters. The fraction of sp³-hybridized carbons (Fsp3) is 0.455. The van der Waals surface area contributed by atoms with Gasteiger partial charge in [-0.15, -0.1) is 21.6 Å². The summed E-state index contributed by atoms with van der Waals surface area (Å²) in [6.07, 6.45) is -0.712. The van der Waals surface area contributed by atoms with Gasteiger partial charge in [-0.05, 0) is 6.07 Å². The first-order chi connectivity index (χ1) is 16.6. The van der Waals surface area contributed by atoms with Crippen molar-refractivity contribution in [1.29, 1.82) is 0 Å². The van der Waals surface area contributed by atoms with Gasteiger partial charge >= 0.3 is 171 Å². The zero-order valence-electron chi connectivity index (χ0n) is 19.6. The first kappa shape index (κ1) is 27.2. The van der Waals surface area contributed by atoms with Crippen LogP contribution < -0.4 is 31.6 Å². The van der Waals surface area contributed by atoms with E-state index in [0.29, 0.717) is 11.5 Å². The van der Waals surface area contributed by atoms with Crippen LogP contribution in [-0.2, 0) is 16.1 Å². The van der Waals surface area contributed by atoms with Crippen LogP contribution >= 0.6 is 11.3 Å². The number of amides is 3. The molecule has 1 fully saturated rings. The van der Waals surface area contributed by atoms with E-state index in [1.807, 2.05) is 32.9 Å². The zero-order valence-corrected chi connectivity index (χ0v) is 22.6. The second kappa shape index (κ2) is 12.0. The van der Waals surface area contributed by atoms with Crippen LogP contribution in [-0.4, -0.2) is 61.2 Å². The van der Waals surface area contributed by atoms with E-state index in [-0.39, 0.29) is 29.3 Å². The summed E-state index contributed by atoms with van der Waals surface area (Å²) in [6, 6.07) is 5.53. The molecule has 1 aliphatic rings. The molecule has 0 saturated carbocycles. The predicted molar refractivity (Wildman–Crippen MR) is 128 cm³/mol. The van der Waals surface area contributed by atoms with E-state index in [2.05, 4.69) is 25.8 Å². The van der Waals surface area contributed by atoms with E-state index < -0.39 is 50.5 Å². The number of aliphatic hydroxyl groups excluding tert-OH is 1. The van der Waals surface area contributed by atoms with Crippen molar-refractivity contribution in [2.45, 2.75) is 51.9 Å². The third-order valence-electron chi connectivity index (χ3n) is 5.40. The molecule has 0 aliphatic carbocycles. The van der Waals surface area contributed by atoms with Crippen molar-refractivity contribution >= 4 is 44.3 Å². The van der Waals surface area contributed by atoms with Gasteiger partial charge in [0.25, 0.3) is 0 Å². The Morgan fingerprint density at radius 1 is 1.34 bits per heavy atom. The Morgan fingerprint density at radius 2 is 2.11 bits per heavy atom. The number of benzene rings is 1. The second-order valence-corrected chi connectivity index (χ2v) is 11.5. The molecule has 13 heteroatoms. The quantitative estimate of drug-likeness (QED) is 0.121. The molecule has 1 aromatic heterocycles. The summed E-state index contributed by atoms with van der Waals surface area (Å²) < 4.78 is -0.357. The van der Waals surface area contributed by atoms with Crippen LogP contribution in [0, 0.1) is 5.41 Å². The van der Waals surface area contributed by atoms with Crippen LogP contribution in [0.5, 0.6) is 0 Å². The number of carbonyl (C=O) groups is 3. The van der Waals surface area contributed by atoms with E-state index >= 15 is 0 Å². The first-order valence-corrected chi connectivity index (χ1v) is 14.1. The van der Waals surface area contributed by atoms with Crippen molar-refractivity contribution in [2.24, 2.45) is 15.6 Å². The van der Waals surface area contributed by atoms with Crippen molar-refractivity contribution < 1.29 is 40.5 Å². The number of β-amino-alcohol motifs (C(OH)–C–C–N with tert-alkyl or cyclic N) is 1. The number of nitrogens with zero attached hydrogens (tertiary/aromatic N) is 4. The number of aromatic nitrogens is 1. The van der Waals surface area contributed by atoms with Crippen molar-refractivity contribution in [2.75, 3.05) is 6.54 Å². The average molecular weight is 609 g/mol. The van der Waals surface area contributed by atoms with Gasteiger partial charge in [0.1, 0.15) is 0 Å². The van der Waals surface area contributed by atoms with Crippen LogP contribution in [0.25, 0.3) is 0 Å². The Kier molecular flexibility index (Phi) is 9.36. The number of azo groups is 1. The molecular formula is C22H27BIN6O4S-. The molecule has 2 radical (unpaired) electrons. The van der Waals surface area contributed by atoms with Crippen molar-refractivity contribution in [3.63, 3.8) is 0 Å². The molecule has 10 nitrogen and oxygen atoms in total. The van der Waals surface area contributed by atoms with E-state index in [4.69, 9.17) is 5.70 Å². The minimum atomic E-state index is -1.22. The van der Waals surface area contributed by atoms with Gasteiger partial charge in [0.2, 0.25) is 0 Å². The Morgan fingerprint density at radius 3 is 2.77 bits per heavy atom. The third kappa shape index (κ3) is 7.55. The molecule has 2 heterocycles. The fourth-order valence-corrected chi connectivity index (χ4v) is 4.62. The zero-order chi connectivity index (χ0) is 25.6. The molecule has 1 aromatic carbocycles. The number of nitrogens with one attached hydrogen (secondary N) is 2. The van der Waals surface area contributed by atoms with Gasteiger partial charge in [-0.2, -0.15) is 0 Å². The number of hydrogen-bond acceptors (Lipinski definition) is 8. The molecule has 3 atom stereocenters. The van der Waals surface area contributed by atoms with E-state index in [9.17, 15) is 19.5 Å². The number of carbonyl (C=O) groups excluding carboxylic acids is 3. The van der Waals surface area contributed by atoms with E-state index in [1.165, 1.54) is 16.2 Å². The maximum absolute atomic E-state index is 13.4. The van der Waals surface area contributed by atoms with Crippen LogP contribution in [0.15, 0.2) is 45.4 Å². The molecule has 1 saturated heterocycles. The molecule has 35 heavy (non-hydrogen) atoms. The molecule has 2 aromatic rings. The third-order valence-corrected chi connectivity index (χ3v) is 6.85. The molecular weight excluding hydrogens is 582 g/mol. The molecule has 186 valence electrons. The SMILES string of the molecule is [B][I-]C(=O)N[C@H](C(=O)N1C[C@H](O)C[C@H]1C(=O)NCc1cccc(N=Nc2cscn2)c1)C(C)(C)C.